The minimum atomic E-state index is -3.50. The zero-order valence-electron chi connectivity index (χ0n) is 11.0. The van der Waals surface area contributed by atoms with E-state index in [4.69, 9.17) is 5.73 Å². The maximum absolute atomic E-state index is 12.5. The van der Waals surface area contributed by atoms with Gasteiger partial charge < -0.3 is 5.73 Å². The summed E-state index contributed by atoms with van der Waals surface area (Å²) in [4.78, 5) is 11.5. The lowest BCUT2D eigenvalue weighted by molar-refractivity contribution is 0.100. The molecule has 2 N–H and O–H groups in total. The summed E-state index contributed by atoms with van der Waals surface area (Å²) in [6.07, 6.45) is 1.04. The number of carbonyl (C=O) groups is 1. The van der Waals surface area contributed by atoms with E-state index >= 15 is 0 Å². The van der Waals surface area contributed by atoms with Gasteiger partial charge in [0.25, 0.3) is 5.91 Å². The smallest absolute Gasteiger partial charge is 0.258 e. The van der Waals surface area contributed by atoms with Gasteiger partial charge in [-0.1, -0.05) is 13.8 Å². The second kappa shape index (κ2) is 5.22. The maximum atomic E-state index is 12.5. The molecule has 0 spiro atoms. The monoisotopic (exact) mass is 302 g/mol. The predicted molar refractivity (Wildman–Crippen MR) is 74.5 cm³/mol. The Labute approximate surface area is 117 Å². The minimum absolute atomic E-state index is 0.174. The average Bonchev–Trinajstić information content (AvgIpc) is 2.77. The van der Waals surface area contributed by atoms with E-state index in [1.54, 1.807) is 0 Å². The molecule has 1 aromatic rings. The second-order valence-corrected chi connectivity index (χ2v) is 8.13. The average molecular weight is 302 g/mol. The van der Waals surface area contributed by atoms with Crippen molar-refractivity contribution in [3.05, 3.63) is 16.3 Å². The number of piperidine rings is 1. The van der Waals surface area contributed by atoms with Crippen LogP contribution >= 0.6 is 11.3 Å². The minimum Gasteiger partial charge on any atom is -0.365 e. The van der Waals surface area contributed by atoms with E-state index in [1.165, 1.54) is 15.8 Å². The number of nitrogens with two attached hydrogens (primary N) is 1. The van der Waals surface area contributed by atoms with E-state index in [9.17, 15) is 13.2 Å². The number of nitrogens with zero attached hydrogens (tertiary/aromatic N) is 1. The van der Waals surface area contributed by atoms with Crippen molar-refractivity contribution >= 4 is 27.3 Å². The number of thiophene rings is 1. The van der Waals surface area contributed by atoms with Crippen LogP contribution in [0.15, 0.2) is 16.3 Å². The topological polar surface area (TPSA) is 80.5 Å². The molecular weight excluding hydrogens is 284 g/mol. The first kappa shape index (κ1) is 14.5. The SMILES string of the molecule is C[C@@H]1C[C@@H](C)CN(S(=O)(=O)c2csc(C(N)=O)c2)C1. The number of rotatable bonds is 3. The lowest BCUT2D eigenvalue weighted by Crippen LogP contribution is -2.42. The van der Waals surface area contributed by atoms with Gasteiger partial charge in [-0.3, -0.25) is 4.79 Å². The van der Waals surface area contributed by atoms with Crippen molar-refractivity contribution < 1.29 is 13.2 Å². The quantitative estimate of drug-likeness (QED) is 0.919. The fraction of sp³-hybridized carbons (Fsp3) is 0.583. The second-order valence-electron chi connectivity index (χ2n) is 5.28. The first-order valence-corrected chi connectivity index (χ1v) is 8.51. The van der Waals surface area contributed by atoms with Gasteiger partial charge in [-0.25, -0.2) is 8.42 Å². The van der Waals surface area contributed by atoms with Crippen molar-refractivity contribution in [3.8, 4) is 0 Å². The Morgan fingerprint density at radius 2 is 1.95 bits per heavy atom. The number of amides is 1. The Hall–Kier alpha value is -0.920. The van der Waals surface area contributed by atoms with Gasteiger partial charge in [0.15, 0.2) is 0 Å². The molecule has 0 unspecified atom stereocenters. The molecule has 19 heavy (non-hydrogen) atoms. The molecule has 1 aliphatic heterocycles. The zero-order chi connectivity index (χ0) is 14.2. The molecule has 7 heteroatoms. The summed E-state index contributed by atoms with van der Waals surface area (Å²) in [6.45, 7) is 5.18. The van der Waals surface area contributed by atoms with Gasteiger partial charge in [-0.15, -0.1) is 11.3 Å². The number of primary amides is 1. The number of hydrogen-bond acceptors (Lipinski definition) is 4. The molecule has 1 aliphatic rings. The Bertz CT molecular complexity index is 570. The highest BCUT2D eigenvalue weighted by Gasteiger charge is 2.32. The van der Waals surface area contributed by atoms with Gasteiger partial charge in [0.1, 0.15) is 0 Å². The third kappa shape index (κ3) is 2.98. The molecule has 2 rings (SSSR count). The van der Waals surface area contributed by atoms with Crippen LogP contribution in [-0.2, 0) is 10.0 Å². The van der Waals surface area contributed by atoms with Crippen molar-refractivity contribution in [3.63, 3.8) is 0 Å². The van der Waals surface area contributed by atoms with Gasteiger partial charge in [-0.05, 0) is 24.3 Å². The fourth-order valence-corrected chi connectivity index (χ4v) is 5.33. The van der Waals surface area contributed by atoms with E-state index < -0.39 is 15.9 Å². The molecule has 1 aromatic heterocycles. The lowest BCUT2D eigenvalue weighted by Gasteiger charge is -2.33. The van der Waals surface area contributed by atoms with E-state index in [0.29, 0.717) is 24.9 Å². The van der Waals surface area contributed by atoms with Gasteiger partial charge in [0, 0.05) is 18.5 Å². The predicted octanol–water partition coefficient (Wildman–Crippen LogP) is 1.51. The van der Waals surface area contributed by atoms with Crippen molar-refractivity contribution in [1.29, 1.82) is 0 Å². The van der Waals surface area contributed by atoms with Crippen LogP contribution in [0.4, 0.5) is 0 Å². The van der Waals surface area contributed by atoms with Crippen LogP contribution in [0.3, 0.4) is 0 Å². The largest absolute Gasteiger partial charge is 0.365 e. The summed E-state index contributed by atoms with van der Waals surface area (Å²) in [5, 5.41) is 1.49. The van der Waals surface area contributed by atoms with Gasteiger partial charge in [0.2, 0.25) is 10.0 Å². The molecule has 1 amide bonds. The standard InChI is InChI=1S/C12H18N2O3S2/c1-8-3-9(2)6-14(5-8)19(16,17)10-4-11(12(13)15)18-7-10/h4,7-9H,3,5-6H2,1-2H3,(H2,13,15)/t8-,9-/m1/s1. The summed E-state index contributed by atoms with van der Waals surface area (Å²) >= 11 is 1.07. The van der Waals surface area contributed by atoms with Crippen LogP contribution in [0.5, 0.6) is 0 Å². The summed E-state index contributed by atoms with van der Waals surface area (Å²) in [7, 11) is -3.50. The molecule has 0 bridgehead atoms. The van der Waals surface area contributed by atoms with E-state index in [1.807, 2.05) is 0 Å². The Kier molecular flexibility index (Phi) is 3.98. The van der Waals surface area contributed by atoms with Crippen molar-refractivity contribution in [2.24, 2.45) is 17.6 Å². The van der Waals surface area contributed by atoms with Crippen LogP contribution in [0.2, 0.25) is 0 Å². The molecule has 2 atom stereocenters. The summed E-state index contributed by atoms with van der Waals surface area (Å²) in [5.41, 5.74) is 5.16. The van der Waals surface area contributed by atoms with Crippen LogP contribution in [0.1, 0.15) is 29.9 Å². The lowest BCUT2D eigenvalue weighted by atomic mass is 9.94. The summed E-state index contributed by atoms with van der Waals surface area (Å²) in [6, 6.07) is 1.37. The van der Waals surface area contributed by atoms with E-state index in [0.717, 1.165) is 17.8 Å². The molecule has 0 radical (unpaired) electrons. The molecule has 1 fully saturated rings. The first-order valence-electron chi connectivity index (χ1n) is 6.19. The van der Waals surface area contributed by atoms with Crippen LogP contribution in [0.25, 0.3) is 0 Å². The molecule has 0 aromatic carbocycles. The highest BCUT2D eigenvalue weighted by Crippen LogP contribution is 2.28. The Balaban J connectivity index is 2.28. The Morgan fingerprint density at radius 3 is 2.42 bits per heavy atom. The van der Waals surface area contributed by atoms with Gasteiger partial charge >= 0.3 is 0 Å². The van der Waals surface area contributed by atoms with Gasteiger partial charge in [0.05, 0.1) is 9.77 Å². The molecule has 5 nitrogen and oxygen atoms in total. The molecule has 1 saturated heterocycles. The number of carbonyl (C=O) groups excluding carboxylic acids is 1. The highest BCUT2D eigenvalue weighted by atomic mass is 32.2. The van der Waals surface area contributed by atoms with E-state index in [2.05, 4.69) is 13.8 Å². The molecule has 2 heterocycles. The zero-order valence-corrected chi connectivity index (χ0v) is 12.6. The number of hydrogen-bond donors (Lipinski definition) is 1. The summed E-state index contributed by atoms with van der Waals surface area (Å²) < 4.78 is 26.5. The normalized spacial score (nSPS) is 25.4. The molecular formula is C12H18N2O3S2. The maximum Gasteiger partial charge on any atom is 0.258 e. The highest BCUT2D eigenvalue weighted by molar-refractivity contribution is 7.89. The van der Waals surface area contributed by atoms with Crippen molar-refractivity contribution in [2.45, 2.75) is 25.2 Å². The van der Waals surface area contributed by atoms with Crippen LogP contribution < -0.4 is 5.73 Å². The van der Waals surface area contributed by atoms with Crippen LogP contribution in [0, 0.1) is 11.8 Å². The number of sulfonamides is 1. The van der Waals surface area contributed by atoms with Crippen molar-refractivity contribution in [1.82, 2.24) is 4.31 Å². The van der Waals surface area contributed by atoms with Crippen molar-refractivity contribution in [2.75, 3.05) is 13.1 Å². The Morgan fingerprint density at radius 1 is 1.37 bits per heavy atom. The third-order valence-electron chi connectivity index (χ3n) is 3.29. The fourth-order valence-electron chi connectivity index (χ4n) is 2.53. The summed E-state index contributed by atoms with van der Waals surface area (Å²) in [5.74, 6) is 0.118. The molecule has 0 aliphatic carbocycles. The molecule has 106 valence electrons. The molecule has 0 saturated carbocycles. The first-order chi connectivity index (χ1) is 8.80. The van der Waals surface area contributed by atoms with Gasteiger partial charge in [-0.2, -0.15) is 4.31 Å². The van der Waals surface area contributed by atoms with Crippen LogP contribution in [-0.4, -0.2) is 31.7 Å². The third-order valence-corrected chi connectivity index (χ3v) is 6.19. The van der Waals surface area contributed by atoms with E-state index in [-0.39, 0.29) is 9.77 Å².